The van der Waals surface area contributed by atoms with Crippen LogP contribution >= 0.6 is 0 Å². The fraction of sp³-hybridized carbons (Fsp3) is 0.364. The van der Waals surface area contributed by atoms with Crippen molar-refractivity contribution < 1.29 is 40.8 Å². The Bertz CT molecular complexity index is 1420. The fourth-order valence-corrected chi connectivity index (χ4v) is 4.51. The van der Waals surface area contributed by atoms with Gasteiger partial charge in [-0.15, -0.1) is 0 Å². The number of nitrogens with two attached hydrogens (primary N) is 1. The molecule has 0 aliphatic heterocycles. The van der Waals surface area contributed by atoms with Gasteiger partial charge in [0.2, 0.25) is 5.78 Å². The van der Waals surface area contributed by atoms with Crippen LogP contribution in [0.4, 0.5) is 19.0 Å². The molecule has 38 heavy (non-hydrogen) atoms. The van der Waals surface area contributed by atoms with E-state index < -0.39 is 58.6 Å². The number of benzene rings is 1. The molecule has 3 aromatic rings. The SMILES string of the molecule is NS(=O)(=O)OC[C@H]1C[C@@H](Nc2ncncc2C(=O)c2ccn(Cc3cccc(C(F)(F)F)c3)n2)[C@H](O)[C@@H]1O. The quantitative estimate of drug-likeness (QED) is 0.274. The molecule has 1 aliphatic rings. The van der Waals surface area contributed by atoms with Crippen LogP contribution in [0.2, 0.25) is 0 Å². The first-order chi connectivity index (χ1) is 17.8. The summed E-state index contributed by atoms with van der Waals surface area (Å²) in [6.45, 7) is -0.462. The third-order valence-corrected chi connectivity index (χ3v) is 6.46. The predicted octanol–water partition coefficient (Wildman–Crippen LogP) is 0.714. The van der Waals surface area contributed by atoms with Crippen molar-refractivity contribution >= 4 is 21.9 Å². The van der Waals surface area contributed by atoms with Gasteiger partial charge >= 0.3 is 16.5 Å². The number of anilines is 1. The first-order valence-corrected chi connectivity index (χ1v) is 12.6. The lowest BCUT2D eigenvalue weighted by Gasteiger charge is -2.19. The molecule has 4 rings (SSSR count). The fourth-order valence-electron chi connectivity index (χ4n) is 4.14. The zero-order valence-corrected chi connectivity index (χ0v) is 20.3. The van der Waals surface area contributed by atoms with Gasteiger partial charge in [-0.1, -0.05) is 12.1 Å². The average molecular weight is 557 g/mol. The standard InChI is InChI=1S/C22H23F3N6O6S/c23-22(24,25)14-3-1-2-12(6-14)9-31-5-4-16(30-31)19(33)15-8-27-11-28-21(15)29-17-7-13(18(32)20(17)34)10-37-38(26,35)36/h1-6,8,11,13,17-18,20,32,34H,7,9-10H2,(H2,26,35,36)(H,27,28,29)/t13-,17-,18-,20+/m1/s1. The summed E-state index contributed by atoms with van der Waals surface area (Å²) < 4.78 is 66.9. The number of aromatic nitrogens is 4. The Labute approximate surface area is 214 Å². The van der Waals surface area contributed by atoms with Gasteiger partial charge in [-0.25, -0.2) is 15.1 Å². The minimum absolute atomic E-state index is 0.0113. The Morgan fingerprint density at radius 2 is 2.00 bits per heavy atom. The molecule has 2 aromatic heterocycles. The van der Waals surface area contributed by atoms with Crippen LogP contribution in [0.5, 0.6) is 0 Å². The number of ketones is 1. The topological polar surface area (TPSA) is 183 Å². The summed E-state index contributed by atoms with van der Waals surface area (Å²) in [7, 11) is -4.24. The minimum Gasteiger partial charge on any atom is -0.390 e. The predicted molar refractivity (Wildman–Crippen MR) is 125 cm³/mol. The number of halogens is 3. The van der Waals surface area contributed by atoms with Crippen LogP contribution < -0.4 is 10.5 Å². The highest BCUT2D eigenvalue weighted by atomic mass is 32.2. The molecule has 2 heterocycles. The number of hydrogen-bond donors (Lipinski definition) is 4. The van der Waals surface area contributed by atoms with E-state index in [1.165, 1.54) is 35.3 Å². The average Bonchev–Trinajstić information content (AvgIpc) is 3.42. The number of aliphatic hydroxyl groups is 2. The van der Waals surface area contributed by atoms with Crippen molar-refractivity contribution in [2.75, 3.05) is 11.9 Å². The van der Waals surface area contributed by atoms with Crippen LogP contribution in [-0.4, -0.2) is 69.0 Å². The molecule has 16 heteroatoms. The normalized spacial score (nSPS) is 21.9. The molecule has 1 aliphatic carbocycles. The van der Waals surface area contributed by atoms with E-state index in [9.17, 15) is 36.6 Å². The first kappa shape index (κ1) is 27.6. The third kappa shape index (κ3) is 6.51. The molecule has 0 saturated heterocycles. The van der Waals surface area contributed by atoms with E-state index in [-0.39, 0.29) is 30.0 Å². The molecular formula is C22H23F3N6O6S. The molecule has 0 spiro atoms. The maximum atomic E-state index is 13.2. The second-order valence-corrected chi connectivity index (χ2v) is 9.94. The molecular weight excluding hydrogens is 533 g/mol. The summed E-state index contributed by atoms with van der Waals surface area (Å²) >= 11 is 0. The maximum Gasteiger partial charge on any atom is 0.416 e. The van der Waals surface area contributed by atoms with Crippen LogP contribution in [0, 0.1) is 5.92 Å². The van der Waals surface area contributed by atoms with E-state index in [1.807, 2.05) is 0 Å². The highest BCUT2D eigenvalue weighted by Gasteiger charge is 2.42. The Hall–Kier alpha value is -3.44. The summed E-state index contributed by atoms with van der Waals surface area (Å²) in [6, 6.07) is 5.32. The number of hydrogen-bond acceptors (Lipinski definition) is 10. The van der Waals surface area contributed by atoms with Crippen molar-refractivity contribution in [2.24, 2.45) is 11.1 Å². The Kier molecular flexibility index (Phi) is 7.80. The Morgan fingerprint density at radius 3 is 2.71 bits per heavy atom. The van der Waals surface area contributed by atoms with Gasteiger partial charge in [-0.3, -0.25) is 13.7 Å². The lowest BCUT2D eigenvalue weighted by molar-refractivity contribution is -0.137. The molecule has 0 amide bonds. The second kappa shape index (κ2) is 10.7. The lowest BCUT2D eigenvalue weighted by atomic mass is 10.1. The van der Waals surface area contributed by atoms with Crippen molar-refractivity contribution in [3.05, 3.63) is 71.4 Å². The summed E-state index contributed by atoms with van der Waals surface area (Å²) in [5.41, 5.74) is -0.501. The van der Waals surface area contributed by atoms with Crippen molar-refractivity contribution in [2.45, 2.75) is 37.4 Å². The van der Waals surface area contributed by atoms with Crippen LogP contribution in [0.25, 0.3) is 0 Å². The van der Waals surface area contributed by atoms with Crippen molar-refractivity contribution in [3.63, 3.8) is 0 Å². The van der Waals surface area contributed by atoms with Gasteiger partial charge in [0.15, 0.2) is 0 Å². The monoisotopic (exact) mass is 556 g/mol. The molecule has 0 unspecified atom stereocenters. The molecule has 5 N–H and O–H groups in total. The van der Waals surface area contributed by atoms with Crippen LogP contribution in [0.3, 0.4) is 0 Å². The van der Waals surface area contributed by atoms with E-state index in [0.29, 0.717) is 5.56 Å². The Morgan fingerprint density at radius 1 is 1.24 bits per heavy atom. The second-order valence-electron chi connectivity index (χ2n) is 8.72. The van der Waals surface area contributed by atoms with Gasteiger partial charge in [0.05, 0.1) is 36.4 Å². The van der Waals surface area contributed by atoms with Gasteiger partial charge < -0.3 is 15.5 Å². The number of rotatable bonds is 9. The smallest absolute Gasteiger partial charge is 0.390 e. The van der Waals surface area contributed by atoms with E-state index in [2.05, 4.69) is 24.6 Å². The number of alkyl halides is 3. The number of aliphatic hydroxyl groups excluding tert-OH is 2. The van der Waals surface area contributed by atoms with E-state index in [1.54, 1.807) is 0 Å². The van der Waals surface area contributed by atoms with Crippen LogP contribution in [0.15, 0.2) is 49.1 Å². The van der Waals surface area contributed by atoms with E-state index in [0.717, 1.165) is 18.5 Å². The van der Waals surface area contributed by atoms with E-state index in [4.69, 9.17) is 5.14 Å². The molecule has 204 valence electrons. The maximum absolute atomic E-state index is 13.2. The van der Waals surface area contributed by atoms with Gasteiger partial charge in [0.1, 0.15) is 23.9 Å². The summed E-state index contributed by atoms with van der Waals surface area (Å²) in [5.74, 6) is -1.34. The number of carbonyl (C=O) groups is 1. The third-order valence-electron chi connectivity index (χ3n) is 6.00. The molecule has 1 saturated carbocycles. The lowest BCUT2D eigenvalue weighted by Crippen LogP contribution is -2.36. The number of nitrogens with zero attached hydrogens (tertiary/aromatic N) is 4. The largest absolute Gasteiger partial charge is 0.416 e. The first-order valence-electron chi connectivity index (χ1n) is 11.2. The minimum atomic E-state index is -4.49. The van der Waals surface area contributed by atoms with Crippen molar-refractivity contribution in [1.82, 2.24) is 19.7 Å². The Balaban J connectivity index is 1.47. The highest BCUT2D eigenvalue weighted by Crippen LogP contribution is 2.31. The van der Waals surface area contributed by atoms with E-state index >= 15 is 0 Å². The number of carbonyl (C=O) groups excluding carboxylic acids is 1. The van der Waals surface area contributed by atoms with Crippen LogP contribution in [-0.2, 0) is 27.2 Å². The molecule has 1 aromatic carbocycles. The highest BCUT2D eigenvalue weighted by molar-refractivity contribution is 7.84. The molecule has 1 fully saturated rings. The van der Waals surface area contributed by atoms with Crippen LogP contribution in [0.1, 0.15) is 33.6 Å². The molecule has 0 radical (unpaired) electrons. The van der Waals surface area contributed by atoms with Gasteiger partial charge in [-0.2, -0.15) is 26.7 Å². The molecule has 4 atom stereocenters. The zero-order chi connectivity index (χ0) is 27.7. The number of nitrogens with one attached hydrogen (secondary N) is 1. The van der Waals surface area contributed by atoms with Crippen molar-refractivity contribution in [3.8, 4) is 0 Å². The van der Waals surface area contributed by atoms with Gasteiger partial charge in [0, 0.05) is 18.3 Å². The molecule has 0 bridgehead atoms. The summed E-state index contributed by atoms with van der Waals surface area (Å²) in [5, 5.41) is 32.5. The molecule has 12 nitrogen and oxygen atoms in total. The van der Waals surface area contributed by atoms with Gasteiger partial charge in [-0.05, 0) is 30.2 Å². The van der Waals surface area contributed by atoms with Gasteiger partial charge in [0.25, 0.3) is 0 Å². The zero-order valence-electron chi connectivity index (χ0n) is 19.5. The summed E-state index contributed by atoms with van der Waals surface area (Å²) in [6.07, 6.45) is -3.27. The van der Waals surface area contributed by atoms with Crippen molar-refractivity contribution in [1.29, 1.82) is 0 Å². The summed E-state index contributed by atoms with van der Waals surface area (Å²) in [4.78, 5) is 21.1.